The topological polar surface area (TPSA) is 20.2 Å². The molecule has 0 aliphatic heterocycles. The van der Waals surface area contributed by atoms with Gasteiger partial charge in [-0.15, -0.1) is 0 Å². The van der Waals surface area contributed by atoms with Gasteiger partial charge in [0.2, 0.25) is 0 Å². The Morgan fingerprint density at radius 3 is 2.42 bits per heavy atom. The number of hydrogen-bond donors (Lipinski definition) is 1. The number of thioether (sulfide) groups is 1. The van der Waals surface area contributed by atoms with E-state index in [9.17, 15) is 13.2 Å². The van der Waals surface area contributed by atoms with Crippen molar-refractivity contribution in [2.75, 3.05) is 12.4 Å². The summed E-state index contributed by atoms with van der Waals surface area (Å²) in [7, 11) is 0. The predicted octanol–water partition coefficient (Wildman–Crippen LogP) is 2.44. The van der Waals surface area contributed by atoms with Crippen LogP contribution in [-0.2, 0) is 0 Å². The van der Waals surface area contributed by atoms with Gasteiger partial charge in [-0.2, -0.15) is 24.9 Å². The highest BCUT2D eigenvalue weighted by Crippen LogP contribution is 2.23. The van der Waals surface area contributed by atoms with Gasteiger partial charge >= 0.3 is 6.18 Å². The number of rotatable bonds is 5. The van der Waals surface area contributed by atoms with Gasteiger partial charge in [0, 0.05) is 11.7 Å². The minimum Gasteiger partial charge on any atom is -0.395 e. The molecule has 0 aromatic heterocycles. The van der Waals surface area contributed by atoms with E-state index in [4.69, 9.17) is 5.11 Å². The van der Waals surface area contributed by atoms with E-state index in [0.717, 1.165) is 0 Å². The van der Waals surface area contributed by atoms with Crippen LogP contribution in [0.5, 0.6) is 0 Å². The highest BCUT2D eigenvalue weighted by Gasteiger charge is 2.25. The molecule has 0 spiro atoms. The van der Waals surface area contributed by atoms with E-state index in [0.29, 0.717) is 5.75 Å². The largest absolute Gasteiger partial charge is 0.395 e. The Kier molecular flexibility index (Phi) is 5.74. The molecule has 0 amide bonds. The van der Waals surface area contributed by atoms with Crippen molar-refractivity contribution < 1.29 is 18.3 Å². The van der Waals surface area contributed by atoms with E-state index in [1.807, 2.05) is 0 Å². The van der Waals surface area contributed by atoms with Gasteiger partial charge in [0.05, 0.1) is 6.61 Å². The van der Waals surface area contributed by atoms with E-state index in [2.05, 4.69) is 0 Å². The molecule has 0 aliphatic carbocycles. The maximum absolute atomic E-state index is 11.6. The van der Waals surface area contributed by atoms with Gasteiger partial charge < -0.3 is 5.11 Å². The van der Waals surface area contributed by atoms with Gasteiger partial charge in [-0.05, 0) is 12.2 Å². The van der Waals surface area contributed by atoms with Crippen LogP contribution in [0.25, 0.3) is 0 Å². The van der Waals surface area contributed by atoms with E-state index in [-0.39, 0.29) is 18.3 Å². The van der Waals surface area contributed by atoms with E-state index >= 15 is 0 Å². The third-order valence-electron chi connectivity index (χ3n) is 1.26. The van der Waals surface area contributed by atoms with Crippen LogP contribution in [0.15, 0.2) is 0 Å². The normalized spacial score (nSPS) is 14.8. The monoisotopic (exact) mass is 202 g/mol. The van der Waals surface area contributed by atoms with Gasteiger partial charge in [0.1, 0.15) is 0 Å². The average Bonchev–Trinajstić information content (AvgIpc) is 1.96. The summed E-state index contributed by atoms with van der Waals surface area (Å²) in [6.07, 6.45) is -4.63. The second-order valence-electron chi connectivity index (χ2n) is 2.58. The van der Waals surface area contributed by atoms with Crippen LogP contribution in [0.2, 0.25) is 0 Å². The van der Waals surface area contributed by atoms with Crippen LogP contribution in [0.1, 0.15) is 19.8 Å². The third-order valence-corrected chi connectivity index (χ3v) is 2.51. The molecule has 74 valence electrons. The van der Waals surface area contributed by atoms with Crippen LogP contribution >= 0.6 is 11.8 Å². The number of alkyl halides is 3. The summed E-state index contributed by atoms with van der Waals surface area (Å²) in [6, 6.07) is 0. The van der Waals surface area contributed by atoms with Crippen LogP contribution in [0, 0.1) is 0 Å². The fourth-order valence-electron chi connectivity index (χ4n) is 0.610. The molecule has 1 nitrogen and oxygen atoms in total. The van der Waals surface area contributed by atoms with Crippen LogP contribution in [0.3, 0.4) is 0 Å². The number of aliphatic hydroxyl groups is 1. The third kappa shape index (κ3) is 8.20. The molecule has 1 N–H and O–H groups in total. The summed E-state index contributed by atoms with van der Waals surface area (Å²) < 4.78 is 34.8. The Morgan fingerprint density at radius 2 is 2.00 bits per heavy atom. The van der Waals surface area contributed by atoms with Crippen molar-refractivity contribution in [3.05, 3.63) is 0 Å². The van der Waals surface area contributed by atoms with Crippen molar-refractivity contribution in [2.45, 2.75) is 31.2 Å². The first kappa shape index (κ1) is 12.1. The van der Waals surface area contributed by atoms with Gasteiger partial charge in [0.15, 0.2) is 0 Å². The molecule has 12 heavy (non-hydrogen) atoms. The van der Waals surface area contributed by atoms with Crippen LogP contribution in [0.4, 0.5) is 13.2 Å². The molecule has 5 heteroatoms. The quantitative estimate of drug-likeness (QED) is 0.691. The Hall–Kier alpha value is 0.100. The van der Waals surface area contributed by atoms with Crippen molar-refractivity contribution in [3.63, 3.8) is 0 Å². The van der Waals surface area contributed by atoms with Gasteiger partial charge in [-0.1, -0.05) is 6.92 Å². The molecule has 0 aromatic rings. The zero-order valence-electron chi connectivity index (χ0n) is 6.90. The molecule has 0 bridgehead atoms. The van der Waals surface area contributed by atoms with E-state index < -0.39 is 12.6 Å². The molecule has 1 atom stereocenters. The standard InChI is InChI=1S/C7H13F3OS/c1-6(5-11)12-4-2-3-7(8,9)10/h6,11H,2-5H2,1H3. The van der Waals surface area contributed by atoms with Crippen LogP contribution < -0.4 is 0 Å². The molecule has 0 aliphatic rings. The van der Waals surface area contributed by atoms with Crippen molar-refractivity contribution in [3.8, 4) is 0 Å². The lowest BCUT2D eigenvalue weighted by Gasteiger charge is -2.08. The Morgan fingerprint density at radius 1 is 1.42 bits per heavy atom. The molecule has 0 rings (SSSR count). The first-order valence-electron chi connectivity index (χ1n) is 3.75. The Balaban J connectivity index is 3.22. The van der Waals surface area contributed by atoms with E-state index in [1.54, 1.807) is 6.92 Å². The number of halogens is 3. The predicted molar refractivity (Wildman–Crippen MR) is 44.3 cm³/mol. The molecule has 0 heterocycles. The average molecular weight is 202 g/mol. The molecule has 0 saturated heterocycles. The van der Waals surface area contributed by atoms with Gasteiger partial charge in [-0.25, -0.2) is 0 Å². The molecule has 0 radical (unpaired) electrons. The minimum absolute atomic E-state index is 0.0245. The minimum atomic E-state index is -4.04. The molecule has 0 aromatic carbocycles. The lowest BCUT2D eigenvalue weighted by Crippen LogP contribution is -2.08. The summed E-state index contributed by atoms with van der Waals surface area (Å²) in [5.41, 5.74) is 0. The molecule has 0 saturated carbocycles. The molecule has 1 unspecified atom stereocenters. The fraction of sp³-hybridized carbons (Fsp3) is 1.00. The second kappa shape index (κ2) is 5.70. The molecular weight excluding hydrogens is 189 g/mol. The summed E-state index contributed by atoms with van der Waals surface area (Å²) in [5, 5.41) is 8.59. The zero-order valence-corrected chi connectivity index (χ0v) is 7.71. The summed E-state index contributed by atoms with van der Waals surface area (Å²) in [4.78, 5) is 0. The maximum atomic E-state index is 11.6. The highest BCUT2D eigenvalue weighted by molar-refractivity contribution is 7.99. The fourth-order valence-corrected chi connectivity index (χ4v) is 1.43. The lowest BCUT2D eigenvalue weighted by atomic mass is 10.3. The first-order valence-corrected chi connectivity index (χ1v) is 4.80. The van der Waals surface area contributed by atoms with Crippen molar-refractivity contribution >= 4 is 11.8 Å². The number of hydrogen-bond acceptors (Lipinski definition) is 2. The van der Waals surface area contributed by atoms with Crippen molar-refractivity contribution in [1.82, 2.24) is 0 Å². The summed E-state index contributed by atoms with van der Waals surface area (Å²) in [6.45, 7) is 1.81. The highest BCUT2D eigenvalue weighted by atomic mass is 32.2. The zero-order chi connectivity index (χ0) is 9.61. The van der Waals surface area contributed by atoms with Crippen molar-refractivity contribution in [1.29, 1.82) is 0 Å². The second-order valence-corrected chi connectivity index (χ2v) is 4.13. The van der Waals surface area contributed by atoms with Crippen LogP contribution in [-0.4, -0.2) is 28.9 Å². The maximum Gasteiger partial charge on any atom is 0.389 e. The summed E-state index contributed by atoms with van der Waals surface area (Å²) in [5.74, 6) is 0.460. The molecular formula is C7H13F3OS. The van der Waals surface area contributed by atoms with E-state index in [1.165, 1.54) is 11.8 Å². The Labute approximate surface area is 74.3 Å². The van der Waals surface area contributed by atoms with Gasteiger partial charge in [0.25, 0.3) is 0 Å². The lowest BCUT2D eigenvalue weighted by molar-refractivity contribution is -0.134. The smallest absolute Gasteiger partial charge is 0.389 e. The van der Waals surface area contributed by atoms with Crippen molar-refractivity contribution in [2.24, 2.45) is 0 Å². The first-order chi connectivity index (χ1) is 5.45. The number of aliphatic hydroxyl groups excluding tert-OH is 1. The van der Waals surface area contributed by atoms with Gasteiger partial charge in [-0.3, -0.25) is 0 Å². The molecule has 0 fully saturated rings. The summed E-state index contributed by atoms with van der Waals surface area (Å²) >= 11 is 1.37. The SMILES string of the molecule is CC(CO)SCCCC(F)(F)F. The Bertz CT molecular complexity index is 116.